The van der Waals surface area contributed by atoms with E-state index in [4.69, 9.17) is 4.42 Å². The number of para-hydroxylation sites is 1. The molecular formula is C25H22F3N7O. The van der Waals surface area contributed by atoms with Gasteiger partial charge >= 0.3 is 6.18 Å². The van der Waals surface area contributed by atoms with Crippen molar-refractivity contribution in [2.75, 3.05) is 28.7 Å². The number of hydrogen-bond acceptors (Lipinski definition) is 8. The molecule has 2 aromatic heterocycles. The lowest BCUT2D eigenvalue weighted by Crippen LogP contribution is -2.21. The van der Waals surface area contributed by atoms with Crippen molar-refractivity contribution < 1.29 is 17.6 Å². The molecule has 11 heteroatoms. The number of benzene rings is 2. The van der Waals surface area contributed by atoms with Crippen LogP contribution in [0.3, 0.4) is 0 Å². The zero-order chi connectivity index (χ0) is 25.0. The van der Waals surface area contributed by atoms with Crippen LogP contribution < -0.4 is 15.6 Å². The van der Waals surface area contributed by atoms with Gasteiger partial charge in [0.05, 0.1) is 11.8 Å². The molecule has 0 unspecified atom stereocenters. The highest BCUT2D eigenvalue weighted by Crippen LogP contribution is 2.37. The molecule has 0 radical (unpaired) electrons. The summed E-state index contributed by atoms with van der Waals surface area (Å²) in [6.07, 6.45) is -1.02. The van der Waals surface area contributed by atoms with Gasteiger partial charge in [-0.15, -0.1) is 0 Å². The Labute approximate surface area is 204 Å². The predicted octanol–water partition coefficient (Wildman–Crippen LogP) is 5.94. The SMILES string of the molecule is FC(F)(F)c1ccccc1-c1ccc(/C=N\Nc2nc(Nc3ccccc3)nc(N3CCCC3)n2)o1. The van der Waals surface area contributed by atoms with E-state index in [1.54, 1.807) is 6.07 Å². The minimum Gasteiger partial charge on any atom is -0.455 e. The molecule has 0 saturated carbocycles. The van der Waals surface area contributed by atoms with E-state index in [-0.39, 0.29) is 23.0 Å². The smallest absolute Gasteiger partial charge is 0.417 e. The quantitative estimate of drug-likeness (QED) is 0.243. The van der Waals surface area contributed by atoms with Crippen molar-refractivity contribution in [2.45, 2.75) is 19.0 Å². The summed E-state index contributed by atoms with van der Waals surface area (Å²) in [5, 5.41) is 7.28. The summed E-state index contributed by atoms with van der Waals surface area (Å²) < 4.78 is 45.6. The van der Waals surface area contributed by atoms with Crippen LogP contribution >= 0.6 is 0 Å². The minimum absolute atomic E-state index is 0.0399. The highest BCUT2D eigenvalue weighted by molar-refractivity contribution is 5.78. The maximum absolute atomic E-state index is 13.3. The molecule has 8 nitrogen and oxygen atoms in total. The Hall–Kier alpha value is -4.41. The van der Waals surface area contributed by atoms with Crippen LogP contribution in [-0.2, 0) is 6.18 Å². The molecule has 0 amide bonds. The van der Waals surface area contributed by atoms with Gasteiger partial charge in [-0.05, 0) is 43.2 Å². The van der Waals surface area contributed by atoms with E-state index in [0.717, 1.165) is 37.7 Å². The van der Waals surface area contributed by atoms with E-state index in [9.17, 15) is 13.2 Å². The van der Waals surface area contributed by atoms with Crippen molar-refractivity contribution in [3.8, 4) is 11.3 Å². The second-order valence-corrected chi connectivity index (χ2v) is 8.08. The Morgan fingerprint density at radius 2 is 1.58 bits per heavy atom. The summed E-state index contributed by atoms with van der Waals surface area (Å²) in [4.78, 5) is 15.5. The molecule has 0 bridgehead atoms. The largest absolute Gasteiger partial charge is 0.455 e. The number of rotatable bonds is 7. The van der Waals surface area contributed by atoms with Crippen LogP contribution in [0, 0.1) is 0 Å². The normalized spacial score (nSPS) is 13.9. The zero-order valence-electron chi connectivity index (χ0n) is 19.0. The minimum atomic E-state index is -4.49. The summed E-state index contributed by atoms with van der Waals surface area (Å²) in [5.41, 5.74) is 2.79. The van der Waals surface area contributed by atoms with Gasteiger partial charge in [0.15, 0.2) is 0 Å². The Bertz CT molecular complexity index is 1350. The lowest BCUT2D eigenvalue weighted by Gasteiger charge is -2.16. The van der Waals surface area contributed by atoms with E-state index < -0.39 is 11.7 Å². The monoisotopic (exact) mass is 493 g/mol. The van der Waals surface area contributed by atoms with Crippen LogP contribution in [0.2, 0.25) is 0 Å². The summed E-state index contributed by atoms with van der Waals surface area (Å²) in [7, 11) is 0. The maximum Gasteiger partial charge on any atom is 0.417 e. The fraction of sp³-hybridized carbons (Fsp3) is 0.200. The van der Waals surface area contributed by atoms with E-state index in [1.165, 1.54) is 30.5 Å². The van der Waals surface area contributed by atoms with E-state index >= 15 is 0 Å². The molecule has 36 heavy (non-hydrogen) atoms. The van der Waals surface area contributed by atoms with Gasteiger partial charge in [0, 0.05) is 24.3 Å². The van der Waals surface area contributed by atoms with Crippen molar-refractivity contribution in [3.63, 3.8) is 0 Å². The van der Waals surface area contributed by atoms with Gasteiger partial charge in [0.2, 0.25) is 17.8 Å². The summed E-state index contributed by atoms with van der Waals surface area (Å²) in [6.45, 7) is 1.71. The lowest BCUT2D eigenvalue weighted by molar-refractivity contribution is -0.137. The first-order chi connectivity index (χ1) is 17.5. The van der Waals surface area contributed by atoms with Gasteiger partial charge in [0.1, 0.15) is 11.5 Å². The molecule has 1 aliphatic rings. The molecule has 3 heterocycles. The van der Waals surface area contributed by atoms with Gasteiger partial charge in [0.25, 0.3) is 0 Å². The molecular weight excluding hydrogens is 471 g/mol. The fourth-order valence-electron chi connectivity index (χ4n) is 3.85. The third-order valence-electron chi connectivity index (χ3n) is 5.52. The molecule has 2 aromatic carbocycles. The maximum atomic E-state index is 13.3. The van der Waals surface area contributed by atoms with Crippen LogP contribution in [0.15, 0.2) is 76.2 Å². The van der Waals surface area contributed by atoms with E-state index in [0.29, 0.717) is 11.9 Å². The van der Waals surface area contributed by atoms with Crippen molar-refractivity contribution in [1.29, 1.82) is 0 Å². The number of furan rings is 1. The van der Waals surface area contributed by atoms with Gasteiger partial charge in [-0.2, -0.15) is 33.2 Å². The second-order valence-electron chi connectivity index (χ2n) is 8.08. The van der Waals surface area contributed by atoms with Gasteiger partial charge in [-0.3, -0.25) is 0 Å². The van der Waals surface area contributed by atoms with Crippen LogP contribution in [-0.4, -0.2) is 34.3 Å². The number of anilines is 4. The number of hydrogen-bond donors (Lipinski definition) is 2. The third-order valence-corrected chi connectivity index (χ3v) is 5.52. The molecule has 1 aliphatic heterocycles. The standard InChI is InChI=1S/C25H22F3N7O/c26-25(27,28)20-11-5-4-10-19(20)21-13-12-18(36-21)16-29-34-23-31-22(30-17-8-2-1-3-9-17)32-24(33-23)35-14-6-7-15-35/h1-5,8-13,16H,6-7,14-15H2,(H2,30,31,32,33,34)/b29-16-. The Kier molecular flexibility index (Phi) is 6.52. The van der Waals surface area contributed by atoms with Crippen LogP contribution in [0.5, 0.6) is 0 Å². The summed E-state index contributed by atoms with van der Waals surface area (Å²) in [5.74, 6) is 1.47. The Morgan fingerprint density at radius 1 is 0.861 bits per heavy atom. The van der Waals surface area contributed by atoms with Crippen molar-refractivity contribution >= 4 is 29.7 Å². The van der Waals surface area contributed by atoms with Gasteiger partial charge in [-0.1, -0.05) is 36.4 Å². The number of hydrazone groups is 1. The van der Waals surface area contributed by atoms with Gasteiger partial charge in [-0.25, -0.2) is 5.43 Å². The number of aromatic nitrogens is 3. The highest BCUT2D eigenvalue weighted by atomic mass is 19.4. The van der Waals surface area contributed by atoms with Crippen LogP contribution in [0.4, 0.5) is 36.7 Å². The third kappa shape index (κ3) is 5.45. The molecule has 0 spiro atoms. The van der Waals surface area contributed by atoms with Crippen molar-refractivity contribution in [2.24, 2.45) is 5.10 Å². The predicted molar refractivity (Wildman–Crippen MR) is 131 cm³/mol. The second kappa shape index (κ2) is 10.1. The molecule has 0 aliphatic carbocycles. The average Bonchev–Trinajstić information content (AvgIpc) is 3.57. The number of alkyl halides is 3. The topological polar surface area (TPSA) is 91.5 Å². The Balaban J connectivity index is 1.35. The fourth-order valence-corrected chi connectivity index (χ4v) is 3.85. The van der Waals surface area contributed by atoms with Crippen molar-refractivity contribution in [1.82, 2.24) is 15.0 Å². The number of nitrogens with one attached hydrogen (secondary N) is 2. The Morgan fingerprint density at radius 3 is 2.36 bits per heavy atom. The molecule has 0 atom stereocenters. The zero-order valence-corrected chi connectivity index (χ0v) is 19.0. The average molecular weight is 493 g/mol. The lowest BCUT2D eigenvalue weighted by atomic mass is 10.1. The first-order valence-corrected chi connectivity index (χ1v) is 11.3. The van der Waals surface area contributed by atoms with E-state index in [1.807, 2.05) is 30.3 Å². The van der Waals surface area contributed by atoms with Crippen LogP contribution in [0.25, 0.3) is 11.3 Å². The van der Waals surface area contributed by atoms with Gasteiger partial charge < -0.3 is 14.6 Å². The summed E-state index contributed by atoms with van der Waals surface area (Å²) >= 11 is 0. The molecule has 5 rings (SSSR count). The molecule has 4 aromatic rings. The number of nitrogens with zero attached hydrogens (tertiary/aromatic N) is 5. The van der Waals surface area contributed by atoms with Crippen LogP contribution in [0.1, 0.15) is 24.2 Å². The highest BCUT2D eigenvalue weighted by Gasteiger charge is 2.34. The first-order valence-electron chi connectivity index (χ1n) is 11.3. The molecule has 1 saturated heterocycles. The molecule has 2 N–H and O–H groups in total. The first kappa shape index (κ1) is 23.3. The summed E-state index contributed by atoms with van der Waals surface area (Å²) in [6, 6.07) is 17.8. The van der Waals surface area contributed by atoms with Crippen molar-refractivity contribution in [3.05, 3.63) is 78.1 Å². The molecule has 184 valence electrons. The molecule has 1 fully saturated rings. The van der Waals surface area contributed by atoms with E-state index in [2.05, 4.69) is 35.7 Å². The number of halogens is 3.